The predicted octanol–water partition coefficient (Wildman–Crippen LogP) is 1.62. The minimum Gasteiger partial charge on any atom is -0.354 e. The Hall–Kier alpha value is -2.41. The first-order valence-corrected chi connectivity index (χ1v) is 8.35. The van der Waals surface area contributed by atoms with Crippen LogP contribution in [0.4, 0.5) is 11.6 Å². The lowest BCUT2D eigenvalue weighted by molar-refractivity contribution is -0.117. The number of hydrogen-bond donors (Lipinski definition) is 1. The Morgan fingerprint density at radius 2 is 1.96 bits per heavy atom. The summed E-state index contributed by atoms with van der Waals surface area (Å²) in [5.74, 6) is 1.76. The highest BCUT2D eigenvalue weighted by Gasteiger charge is 2.20. The van der Waals surface area contributed by atoms with E-state index in [-0.39, 0.29) is 11.9 Å². The molecule has 1 aliphatic heterocycles. The molecule has 24 heavy (non-hydrogen) atoms. The monoisotopic (exact) mass is 328 g/mol. The van der Waals surface area contributed by atoms with E-state index in [4.69, 9.17) is 0 Å². The van der Waals surface area contributed by atoms with Gasteiger partial charge in [-0.3, -0.25) is 9.69 Å². The number of anilines is 2. The van der Waals surface area contributed by atoms with Crippen LogP contribution < -0.4 is 10.2 Å². The molecule has 1 amide bonds. The van der Waals surface area contributed by atoms with Gasteiger partial charge in [0.15, 0.2) is 0 Å². The lowest BCUT2D eigenvalue weighted by atomic mass is 10.3. The highest BCUT2D eigenvalue weighted by molar-refractivity contribution is 5.91. The second-order valence-corrected chi connectivity index (χ2v) is 6.25. The highest BCUT2D eigenvalue weighted by Crippen LogP contribution is 2.14. The SMILES string of the molecule is CC(C)n1nccc1NC(=O)CN1CCN(c2ccccn2)CC1. The molecule has 0 saturated carbocycles. The summed E-state index contributed by atoms with van der Waals surface area (Å²) >= 11 is 0. The lowest BCUT2D eigenvalue weighted by Gasteiger charge is -2.34. The minimum absolute atomic E-state index is 0.00341. The third kappa shape index (κ3) is 3.91. The van der Waals surface area contributed by atoms with Crippen LogP contribution in [0.2, 0.25) is 0 Å². The second-order valence-electron chi connectivity index (χ2n) is 6.25. The van der Waals surface area contributed by atoms with E-state index in [1.54, 1.807) is 6.20 Å². The van der Waals surface area contributed by atoms with E-state index < -0.39 is 0 Å². The lowest BCUT2D eigenvalue weighted by Crippen LogP contribution is -2.49. The summed E-state index contributed by atoms with van der Waals surface area (Å²) in [7, 11) is 0. The Morgan fingerprint density at radius 1 is 1.17 bits per heavy atom. The number of carbonyl (C=O) groups excluding carboxylic acids is 1. The van der Waals surface area contributed by atoms with E-state index in [1.165, 1.54) is 0 Å². The van der Waals surface area contributed by atoms with E-state index in [0.717, 1.165) is 37.8 Å². The van der Waals surface area contributed by atoms with Crippen LogP contribution >= 0.6 is 0 Å². The zero-order valence-electron chi connectivity index (χ0n) is 14.2. The zero-order chi connectivity index (χ0) is 16.9. The molecule has 0 aliphatic carbocycles. The normalized spacial score (nSPS) is 15.7. The molecule has 0 unspecified atom stereocenters. The van der Waals surface area contributed by atoms with Crippen LogP contribution in [-0.4, -0.2) is 58.3 Å². The maximum atomic E-state index is 12.3. The third-order valence-corrected chi connectivity index (χ3v) is 4.14. The number of amides is 1. The van der Waals surface area contributed by atoms with Gasteiger partial charge in [0.2, 0.25) is 5.91 Å². The topological polar surface area (TPSA) is 66.3 Å². The van der Waals surface area contributed by atoms with Gasteiger partial charge in [-0.25, -0.2) is 9.67 Å². The van der Waals surface area contributed by atoms with Crippen molar-refractivity contribution >= 4 is 17.5 Å². The van der Waals surface area contributed by atoms with Gasteiger partial charge >= 0.3 is 0 Å². The summed E-state index contributed by atoms with van der Waals surface area (Å²) in [4.78, 5) is 21.1. The van der Waals surface area contributed by atoms with Crippen molar-refractivity contribution in [2.75, 3.05) is 42.9 Å². The smallest absolute Gasteiger partial charge is 0.239 e. The van der Waals surface area contributed by atoms with Crippen molar-refractivity contribution in [2.24, 2.45) is 0 Å². The summed E-state index contributed by atoms with van der Waals surface area (Å²) in [6, 6.07) is 8.00. The summed E-state index contributed by atoms with van der Waals surface area (Å²) < 4.78 is 1.82. The number of pyridine rings is 1. The minimum atomic E-state index is 0.00341. The quantitative estimate of drug-likeness (QED) is 0.903. The largest absolute Gasteiger partial charge is 0.354 e. The average Bonchev–Trinajstić information content (AvgIpc) is 3.04. The Labute approximate surface area is 142 Å². The van der Waals surface area contributed by atoms with E-state index in [1.807, 2.05) is 49.0 Å². The molecule has 0 aromatic carbocycles. The first kappa shape index (κ1) is 16.4. The first-order chi connectivity index (χ1) is 11.6. The van der Waals surface area contributed by atoms with Crippen molar-refractivity contribution in [3.63, 3.8) is 0 Å². The predicted molar refractivity (Wildman–Crippen MR) is 94.1 cm³/mol. The molecule has 0 bridgehead atoms. The Kier molecular flexibility index (Phi) is 5.10. The molecule has 128 valence electrons. The van der Waals surface area contributed by atoms with Crippen LogP contribution in [0.3, 0.4) is 0 Å². The van der Waals surface area contributed by atoms with E-state index in [9.17, 15) is 4.79 Å². The number of nitrogens with one attached hydrogen (secondary N) is 1. The molecule has 1 aliphatic rings. The van der Waals surface area contributed by atoms with Crippen molar-refractivity contribution in [3.8, 4) is 0 Å². The molecule has 7 nitrogen and oxygen atoms in total. The van der Waals surface area contributed by atoms with E-state index in [2.05, 4.69) is 25.2 Å². The van der Waals surface area contributed by atoms with Crippen molar-refractivity contribution < 1.29 is 4.79 Å². The number of nitrogens with zero attached hydrogens (tertiary/aromatic N) is 5. The van der Waals surface area contributed by atoms with E-state index in [0.29, 0.717) is 6.54 Å². The third-order valence-electron chi connectivity index (χ3n) is 4.14. The van der Waals surface area contributed by atoms with Crippen molar-refractivity contribution in [1.82, 2.24) is 19.7 Å². The van der Waals surface area contributed by atoms with Crippen LogP contribution in [-0.2, 0) is 4.79 Å². The second kappa shape index (κ2) is 7.44. The van der Waals surface area contributed by atoms with Gasteiger partial charge in [0.05, 0.1) is 12.7 Å². The molecule has 3 rings (SSSR count). The number of aromatic nitrogens is 3. The average molecular weight is 328 g/mol. The Bertz CT molecular complexity index is 661. The van der Waals surface area contributed by atoms with Gasteiger partial charge in [-0.05, 0) is 26.0 Å². The fourth-order valence-electron chi connectivity index (χ4n) is 2.89. The summed E-state index contributed by atoms with van der Waals surface area (Å²) in [5.41, 5.74) is 0. The molecule has 2 aromatic heterocycles. The first-order valence-electron chi connectivity index (χ1n) is 8.35. The maximum absolute atomic E-state index is 12.3. The summed E-state index contributed by atoms with van der Waals surface area (Å²) in [6.07, 6.45) is 3.52. The number of hydrogen-bond acceptors (Lipinski definition) is 5. The molecule has 3 heterocycles. The molecule has 0 radical (unpaired) electrons. The van der Waals surface area contributed by atoms with Gasteiger partial charge in [-0.15, -0.1) is 0 Å². The molecular formula is C17H24N6O. The fourth-order valence-corrected chi connectivity index (χ4v) is 2.89. The van der Waals surface area contributed by atoms with E-state index >= 15 is 0 Å². The van der Waals surface area contributed by atoms with Gasteiger partial charge in [-0.1, -0.05) is 6.07 Å². The van der Waals surface area contributed by atoms with Gasteiger partial charge in [0.1, 0.15) is 11.6 Å². The summed E-state index contributed by atoms with van der Waals surface area (Å²) in [5, 5.41) is 7.19. The molecule has 7 heteroatoms. The van der Waals surface area contributed by atoms with Crippen LogP contribution in [0.25, 0.3) is 0 Å². The van der Waals surface area contributed by atoms with Crippen molar-refractivity contribution in [3.05, 3.63) is 36.7 Å². The van der Waals surface area contributed by atoms with Crippen LogP contribution in [0.5, 0.6) is 0 Å². The summed E-state index contributed by atoms with van der Waals surface area (Å²) in [6.45, 7) is 7.96. The number of carbonyl (C=O) groups is 1. The highest BCUT2D eigenvalue weighted by atomic mass is 16.2. The molecule has 1 fully saturated rings. The molecule has 1 saturated heterocycles. The fraction of sp³-hybridized carbons (Fsp3) is 0.471. The Morgan fingerprint density at radius 3 is 2.62 bits per heavy atom. The standard InChI is InChI=1S/C17H24N6O/c1-14(2)23-16(6-8-19-23)20-17(24)13-21-9-11-22(12-10-21)15-5-3-4-7-18-15/h3-8,14H,9-13H2,1-2H3,(H,20,24). The van der Waals surface area contributed by atoms with Gasteiger partial charge in [0, 0.05) is 44.5 Å². The molecular weight excluding hydrogens is 304 g/mol. The van der Waals surface area contributed by atoms with Crippen LogP contribution in [0, 0.1) is 0 Å². The number of rotatable bonds is 5. The zero-order valence-corrected chi connectivity index (χ0v) is 14.2. The Balaban J connectivity index is 1.49. The van der Waals surface area contributed by atoms with Crippen molar-refractivity contribution in [1.29, 1.82) is 0 Å². The van der Waals surface area contributed by atoms with Gasteiger partial charge < -0.3 is 10.2 Å². The molecule has 2 aromatic rings. The van der Waals surface area contributed by atoms with Crippen molar-refractivity contribution in [2.45, 2.75) is 19.9 Å². The van der Waals surface area contributed by atoms with Gasteiger partial charge in [0.25, 0.3) is 0 Å². The number of piperazine rings is 1. The molecule has 0 spiro atoms. The van der Waals surface area contributed by atoms with Crippen LogP contribution in [0.15, 0.2) is 36.7 Å². The molecule has 0 atom stereocenters. The maximum Gasteiger partial charge on any atom is 0.239 e. The molecule has 1 N–H and O–H groups in total. The van der Waals surface area contributed by atoms with Gasteiger partial charge in [-0.2, -0.15) is 5.10 Å². The van der Waals surface area contributed by atoms with Crippen LogP contribution in [0.1, 0.15) is 19.9 Å².